The van der Waals surface area contributed by atoms with Crippen molar-refractivity contribution in [3.05, 3.63) is 83.0 Å². The highest BCUT2D eigenvalue weighted by Crippen LogP contribution is 2.23. The average Bonchev–Trinajstić information content (AvgIpc) is 2.64. The number of ketones is 1. The number of rotatable bonds is 5. The number of pyridine rings is 1. The van der Waals surface area contributed by atoms with Gasteiger partial charge in [-0.25, -0.2) is 4.98 Å². The number of para-hydroxylation sites is 1. The first-order chi connectivity index (χ1) is 12.5. The number of nitrogens with zero attached hydrogens (tertiary/aromatic N) is 1. The van der Waals surface area contributed by atoms with Crippen LogP contribution in [0, 0.1) is 0 Å². The van der Waals surface area contributed by atoms with Gasteiger partial charge in [-0.3, -0.25) is 9.59 Å². The number of anilines is 3. The van der Waals surface area contributed by atoms with Gasteiger partial charge in [-0.2, -0.15) is 0 Å². The van der Waals surface area contributed by atoms with E-state index in [4.69, 9.17) is 11.6 Å². The third-order valence-corrected chi connectivity index (χ3v) is 4.04. The van der Waals surface area contributed by atoms with Crippen LogP contribution in [0.3, 0.4) is 0 Å². The fourth-order valence-corrected chi connectivity index (χ4v) is 2.48. The van der Waals surface area contributed by atoms with E-state index in [1.54, 1.807) is 42.5 Å². The fraction of sp³-hybridized carbons (Fsp3) is 0.0500. The zero-order valence-corrected chi connectivity index (χ0v) is 14.7. The molecule has 0 atom stereocenters. The summed E-state index contributed by atoms with van der Waals surface area (Å²) in [5.74, 6) is 0.284. The van der Waals surface area contributed by atoms with Crippen LogP contribution in [0.25, 0.3) is 0 Å². The molecule has 1 heterocycles. The maximum Gasteiger partial charge on any atom is 0.257 e. The monoisotopic (exact) mass is 365 g/mol. The van der Waals surface area contributed by atoms with E-state index in [1.165, 1.54) is 13.1 Å². The number of carbonyl (C=O) groups excluding carboxylic acids is 2. The van der Waals surface area contributed by atoms with Crippen LogP contribution < -0.4 is 10.6 Å². The summed E-state index contributed by atoms with van der Waals surface area (Å²) in [7, 11) is 0. The van der Waals surface area contributed by atoms with Crippen LogP contribution in [0.15, 0.2) is 66.9 Å². The van der Waals surface area contributed by atoms with Gasteiger partial charge >= 0.3 is 0 Å². The summed E-state index contributed by atoms with van der Waals surface area (Å²) < 4.78 is 0. The fourth-order valence-electron chi connectivity index (χ4n) is 2.29. The van der Waals surface area contributed by atoms with Gasteiger partial charge in [0.25, 0.3) is 5.91 Å². The molecule has 26 heavy (non-hydrogen) atoms. The minimum atomic E-state index is -0.280. The van der Waals surface area contributed by atoms with Gasteiger partial charge in [-0.05, 0) is 55.5 Å². The lowest BCUT2D eigenvalue weighted by Gasteiger charge is -2.09. The van der Waals surface area contributed by atoms with Crippen molar-refractivity contribution >= 4 is 40.5 Å². The molecular formula is C20H16ClN3O2. The molecular weight excluding hydrogens is 350 g/mol. The zero-order chi connectivity index (χ0) is 18.5. The number of aromatic nitrogens is 1. The summed E-state index contributed by atoms with van der Waals surface area (Å²) in [6.07, 6.45) is 1.48. The second kappa shape index (κ2) is 7.80. The molecule has 0 unspecified atom stereocenters. The second-order valence-corrected chi connectivity index (χ2v) is 6.03. The molecule has 0 aliphatic carbocycles. The molecule has 3 rings (SSSR count). The standard InChI is InChI=1S/C20H16ClN3O2/c1-13(25)14-6-9-16(10-7-14)23-20(26)15-8-11-19(22-12-15)24-18-5-3-2-4-17(18)21/h2-12H,1H3,(H,22,24)(H,23,26). The van der Waals surface area contributed by atoms with E-state index < -0.39 is 0 Å². The molecule has 0 saturated carbocycles. The molecule has 2 N–H and O–H groups in total. The highest BCUT2D eigenvalue weighted by Gasteiger charge is 2.08. The van der Waals surface area contributed by atoms with Crippen LogP contribution in [0.5, 0.6) is 0 Å². The molecule has 1 aromatic heterocycles. The predicted octanol–water partition coefficient (Wildman–Crippen LogP) is 4.93. The van der Waals surface area contributed by atoms with Crippen molar-refractivity contribution in [1.82, 2.24) is 4.98 Å². The largest absolute Gasteiger partial charge is 0.339 e. The lowest BCUT2D eigenvalue weighted by Crippen LogP contribution is -2.12. The maximum atomic E-state index is 12.3. The van der Waals surface area contributed by atoms with Crippen LogP contribution in [0.1, 0.15) is 27.6 Å². The van der Waals surface area contributed by atoms with E-state index in [2.05, 4.69) is 15.6 Å². The van der Waals surface area contributed by atoms with Crippen molar-refractivity contribution in [2.24, 2.45) is 0 Å². The first-order valence-electron chi connectivity index (χ1n) is 7.93. The van der Waals surface area contributed by atoms with Gasteiger partial charge in [0.15, 0.2) is 5.78 Å². The second-order valence-electron chi connectivity index (χ2n) is 5.62. The molecule has 6 heteroatoms. The van der Waals surface area contributed by atoms with E-state index in [0.29, 0.717) is 27.7 Å². The summed E-state index contributed by atoms with van der Waals surface area (Å²) in [5.41, 5.74) is 2.37. The Morgan fingerprint density at radius 3 is 2.23 bits per heavy atom. The minimum Gasteiger partial charge on any atom is -0.339 e. The van der Waals surface area contributed by atoms with Gasteiger partial charge < -0.3 is 10.6 Å². The number of carbonyl (C=O) groups is 2. The van der Waals surface area contributed by atoms with Crippen molar-refractivity contribution in [3.63, 3.8) is 0 Å². The number of amides is 1. The molecule has 0 aliphatic heterocycles. The number of hydrogen-bond donors (Lipinski definition) is 2. The first kappa shape index (κ1) is 17.6. The Hall–Kier alpha value is -3.18. The molecule has 0 radical (unpaired) electrons. The van der Waals surface area contributed by atoms with E-state index >= 15 is 0 Å². The molecule has 0 saturated heterocycles. The highest BCUT2D eigenvalue weighted by molar-refractivity contribution is 6.33. The van der Waals surface area contributed by atoms with Gasteiger partial charge in [0, 0.05) is 17.4 Å². The smallest absolute Gasteiger partial charge is 0.257 e. The number of benzene rings is 2. The van der Waals surface area contributed by atoms with Crippen LogP contribution in [-0.2, 0) is 0 Å². The Morgan fingerprint density at radius 1 is 0.923 bits per heavy atom. The number of halogens is 1. The molecule has 0 bridgehead atoms. The Balaban J connectivity index is 1.67. The Morgan fingerprint density at radius 2 is 1.62 bits per heavy atom. The number of hydrogen-bond acceptors (Lipinski definition) is 4. The summed E-state index contributed by atoms with van der Waals surface area (Å²) >= 11 is 6.10. The average molecular weight is 366 g/mol. The van der Waals surface area contributed by atoms with Crippen molar-refractivity contribution in [3.8, 4) is 0 Å². The van der Waals surface area contributed by atoms with E-state index in [0.717, 1.165) is 5.69 Å². The van der Waals surface area contributed by atoms with Crippen LogP contribution in [0.2, 0.25) is 5.02 Å². The van der Waals surface area contributed by atoms with E-state index in [-0.39, 0.29) is 11.7 Å². The summed E-state index contributed by atoms with van der Waals surface area (Å²) in [5, 5.41) is 6.46. The third-order valence-electron chi connectivity index (χ3n) is 3.71. The molecule has 0 spiro atoms. The van der Waals surface area contributed by atoms with E-state index in [9.17, 15) is 9.59 Å². The van der Waals surface area contributed by atoms with Crippen molar-refractivity contribution in [1.29, 1.82) is 0 Å². The quantitative estimate of drug-likeness (QED) is 0.628. The summed E-state index contributed by atoms with van der Waals surface area (Å²) in [6.45, 7) is 1.50. The molecule has 0 aliphatic rings. The van der Waals surface area contributed by atoms with Crippen LogP contribution >= 0.6 is 11.6 Å². The Kier molecular flexibility index (Phi) is 5.29. The van der Waals surface area contributed by atoms with Crippen molar-refractivity contribution in [2.75, 3.05) is 10.6 Å². The van der Waals surface area contributed by atoms with Gasteiger partial charge in [-0.15, -0.1) is 0 Å². The van der Waals surface area contributed by atoms with Crippen molar-refractivity contribution < 1.29 is 9.59 Å². The molecule has 2 aromatic carbocycles. The summed E-state index contributed by atoms with van der Waals surface area (Å²) in [4.78, 5) is 27.8. The number of nitrogens with one attached hydrogen (secondary N) is 2. The lowest BCUT2D eigenvalue weighted by atomic mass is 10.1. The van der Waals surface area contributed by atoms with Gasteiger partial charge in [0.1, 0.15) is 5.82 Å². The topological polar surface area (TPSA) is 71.1 Å². The van der Waals surface area contributed by atoms with Crippen LogP contribution in [0.4, 0.5) is 17.2 Å². The highest BCUT2D eigenvalue weighted by atomic mass is 35.5. The molecule has 1 amide bonds. The molecule has 130 valence electrons. The lowest BCUT2D eigenvalue weighted by molar-refractivity contribution is 0.101. The van der Waals surface area contributed by atoms with Gasteiger partial charge in [0.2, 0.25) is 0 Å². The van der Waals surface area contributed by atoms with Gasteiger partial charge in [-0.1, -0.05) is 23.7 Å². The molecule has 3 aromatic rings. The SMILES string of the molecule is CC(=O)c1ccc(NC(=O)c2ccc(Nc3ccccc3Cl)nc2)cc1. The van der Waals surface area contributed by atoms with E-state index in [1.807, 2.05) is 18.2 Å². The first-order valence-corrected chi connectivity index (χ1v) is 8.31. The van der Waals surface area contributed by atoms with Crippen molar-refractivity contribution in [2.45, 2.75) is 6.92 Å². The van der Waals surface area contributed by atoms with Crippen LogP contribution in [-0.4, -0.2) is 16.7 Å². The normalized spacial score (nSPS) is 10.2. The Labute approximate surface area is 156 Å². The minimum absolute atomic E-state index is 0.0197. The Bertz CT molecular complexity index is 938. The third kappa shape index (κ3) is 4.26. The maximum absolute atomic E-state index is 12.3. The molecule has 5 nitrogen and oxygen atoms in total. The molecule has 0 fully saturated rings. The zero-order valence-electron chi connectivity index (χ0n) is 14.0. The predicted molar refractivity (Wildman–Crippen MR) is 103 cm³/mol. The van der Waals surface area contributed by atoms with Gasteiger partial charge in [0.05, 0.1) is 16.3 Å². The number of Topliss-reactive ketones (excluding diaryl/α,β-unsaturated/α-hetero) is 1. The summed E-state index contributed by atoms with van der Waals surface area (Å²) in [6, 6.07) is 17.4.